The zero-order valence-electron chi connectivity index (χ0n) is 10.2. The molecule has 5 nitrogen and oxygen atoms in total. The van der Waals surface area contributed by atoms with Gasteiger partial charge in [-0.1, -0.05) is 29.4 Å². The number of amides is 1. The summed E-state index contributed by atoms with van der Waals surface area (Å²) in [6.07, 6.45) is 3.28. The maximum absolute atomic E-state index is 11.0. The third-order valence-electron chi connectivity index (χ3n) is 2.65. The van der Waals surface area contributed by atoms with Crippen LogP contribution in [0.2, 0.25) is 5.02 Å². The number of carbonyl (C=O) groups is 1. The minimum atomic E-state index is -0.0486. The van der Waals surface area contributed by atoms with E-state index in [0.29, 0.717) is 15.9 Å². The maximum Gasteiger partial charge on any atom is 0.236 e. The highest BCUT2D eigenvalue weighted by Crippen LogP contribution is 2.21. The number of nitrogens with zero attached hydrogens (tertiary/aromatic N) is 3. The quantitative estimate of drug-likeness (QED) is 0.684. The lowest BCUT2D eigenvalue weighted by atomic mass is 10.1. The lowest BCUT2D eigenvalue weighted by Gasteiger charge is -2.00. The van der Waals surface area contributed by atoms with Crippen LogP contribution < -0.4 is 5.32 Å². The summed E-state index contributed by atoms with van der Waals surface area (Å²) in [6.45, 7) is 0. The molecular weight excluding hydrogens is 296 g/mol. The molecule has 1 aliphatic heterocycles. The van der Waals surface area contributed by atoms with Crippen molar-refractivity contribution in [1.82, 2.24) is 10.3 Å². The van der Waals surface area contributed by atoms with Gasteiger partial charge in [-0.15, -0.1) is 5.10 Å². The van der Waals surface area contributed by atoms with E-state index >= 15 is 0 Å². The Morgan fingerprint density at radius 1 is 1.40 bits per heavy atom. The first-order valence-corrected chi connectivity index (χ1v) is 7.17. The van der Waals surface area contributed by atoms with Gasteiger partial charge in [-0.25, -0.2) is 0 Å². The van der Waals surface area contributed by atoms with E-state index in [0.717, 1.165) is 16.5 Å². The average molecular weight is 305 g/mol. The SMILES string of the molecule is O=C1CSC(=NN=Cc2ccc3nccc(Cl)c3c2)N1. The summed E-state index contributed by atoms with van der Waals surface area (Å²) < 4.78 is 0. The Morgan fingerprint density at radius 3 is 3.10 bits per heavy atom. The number of aromatic nitrogens is 1. The Hall–Kier alpha value is -1.92. The molecular formula is C13H9ClN4OS. The van der Waals surface area contributed by atoms with Gasteiger partial charge in [-0.3, -0.25) is 9.78 Å². The van der Waals surface area contributed by atoms with Gasteiger partial charge in [-0.05, 0) is 23.8 Å². The monoisotopic (exact) mass is 304 g/mol. The zero-order valence-corrected chi connectivity index (χ0v) is 11.8. The summed E-state index contributed by atoms with van der Waals surface area (Å²) in [4.78, 5) is 15.2. The first kappa shape index (κ1) is 13.1. The van der Waals surface area contributed by atoms with Gasteiger partial charge in [0.05, 0.1) is 22.5 Å². The van der Waals surface area contributed by atoms with Gasteiger partial charge < -0.3 is 5.32 Å². The first-order valence-electron chi connectivity index (χ1n) is 5.80. The standard InChI is InChI=1S/C13H9ClN4OS/c14-10-3-4-15-11-2-1-8(5-9(10)11)6-16-18-13-17-12(19)7-20-13/h1-6H,7H2,(H,17,18,19). The molecule has 0 saturated carbocycles. The van der Waals surface area contributed by atoms with Crippen molar-refractivity contribution in [2.24, 2.45) is 10.2 Å². The Bertz CT molecular complexity index is 744. The van der Waals surface area contributed by atoms with Gasteiger partial charge in [0.25, 0.3) is 0 Å². The van der Waals surface area contributed by atoms with Crippen LogP contribution >= 0.6 is 23.4 Å². The van der Waals surface area contributed by atoms with Crippen molar-refractivity contribution in [2.45, 2.75) is 0 Å². The van der Waals surface area contributed by atoms with Crippen LogP contribution in [0.3, 0.4) is 0 Å². The van der Waals surface area contributed by atoms with E-state index in [1.165, 1.54) is 11.8 Å². The highest BCUT2D eigenvalue weighted by Gasteiger charge is 2.15. The molecule has 7 heteroatoms. The molecule has 0 aliphatic carbocycles. The van der Waals surface area contributed by atoms with Crippen LogP contribution in [-0.4, -0.2) is 28.0 Å². The summed E-state index contributed by atoms with van der Waals surface area (Å²) in [5.74, 6) is 0.346. The van der Waals surface area contributed by atoms with E-state index in [4.69, 9.17) is 11.6 Å². The van der Waals surface area contributed by atoms with Crippen LogP contribution in [-0.2, 0) is 4.79 Å². The number of hydrogen-bond donors (Lipinski definition) is 1. The molecule has 1 amide bonds. The van der Waals surface area contributed by atoms with Crippen molar-refractivity contribution in [3.63, 3.8) is 0 Å². The van der Waals surface area contributed by atoms with Crippen molar-refractivity contribution in [3.8, 4) is 0 Å². The molecule has 1 saturated heterocycles. The molecule has 100 valence electrons. The predicted molar refractivity (Wildman–Crippen MR) is 82.4 cm³/mol. The smallest absolute Gasteiger partial charge is 0.236 e. The molecule has 0 radical (unpaired) electrons. The fourth-order valence-electron chi connectivity index (χ4n) is 1.74. The molecule has 1 aliphatic rings. The lowest BCUT2D eigenvalue weighted by molar-refractivity contribution is -0.116. The van der Waals surface area contributed by atoms with Crippen molar-refractivity contribution < 1.29 is 4.79 Å². The molecule has 0 bridgehead atoms. The van der Waals surface area contributed by atoms with Gasteiger partial charge in [0.15, 0.2) is 5.17 Å². The highest BCUT2D eigenvalue weighted by atomic mass is 35.5. The summed E-state index contributed by atoms with van der Waals surface area (Å²) in [5, 5.41) is 12.5. The topological polar surface area (TPSA) is 66.7 Å². The Kier molecular flexibility index (Phi) is 3.66. The molecule has 0 spiro atoms. The van der Waals surface area contributed by atoms with Crippen molar-refractivity contribution >= 4 is 51.6 Å². The number of amidine groups is 1. The molecule has 2 aromatic rings. The number of hydrogen-bond acceptors (Lipinski definition) is 5. The lowest BCUT2D eigenvalue weighted by Crippen LogP contribution is -2.19. The molecule has 3 rings (SSSR count). The van der Waals surface area contributed by atoms with Crippen LogP contribution in [0, 0.1) is 0 Å². The normalized spacial score (nSPS) is 17.2. The average Bonchev–Trinajstić information content (AvgIpc) is 2.85. The zero-order chi connectivity index (χ0) is 13.9. The molecule has 20 heavy (non-hydrogen) atoms. The second kappa shape index (κ2) is 5.60. The Balaban J connectivity index is 1.84. The molecule has 0 unspecified atom stereocenters. The number of fused-ring (bicyclic) bond motifs is 1. The second-order valence-corrected chi connectivity index (χ2v) is 5.43. The van der Waals surface area contributed by atoms with Gasteiger partial charge >= 0.3 is 0 Å². The number of rotatable bonds is 2. The second-order valence-electron chi connectivity index (χ2n) is 4.06. The molecule has 1 N–H and O–H groups in total. The van der Waals surface area contributed by atoms with E-state index in [9.17, 15) is 4.79 Å². The van der Waals surface area contributed by atoms with E-state index in [2.05, 4.69) is 20.5 Å². The summed E-state index contributed by atoms with van der Waals surface area (Å²) >= 11 is 7.45. The number of benzene rings is 1. The van der Waals surface area contributed by atoms with Crippen LogP contribution in [0.4, 0.5) is 0 Å². The molecule has 1 aromatic carbocycles. The molecule has 2 heterocycles. The first-order chi connectivity index (χ1) is 9.72. The third kappa shape index (κ3) is 2.81. The van der Waals surface area contributed by atoms with E-state index in [-0.39, 0.29) is 5.91 Å². The third-order valence-corrected chi connectivity index (χ3v) is 3.85. The van der Waals surface area contributed by atoms with Crippen LogP contribution in [0.15, 0.2) is 40.7 Å². The fourth-order valence-corrected chi connectivity index (χ4v) is 2.58. The summed E-state index contributed by atoms with van der Waals surface area (Å²) in [5.41, 5.74) is 1.70. The Morgan fingerprint density at radius 2 is 2.30 bits per heavy atom. The number of thioether (sulfide) groups is 1. The van der Waals surface area contributed by atoms with Gasteiger partial charge in [0.2, 0.25) is 5.91 Å². The van der Waals surface area contributed by atoms with Crippen LogP contribution in [0.5, 0.6) is 0 Å². The largest absolute Gasteiger partial charge is 0.303 e. The molecule has 1 aromatic heterocycles. The molecule has 1 fully saturated rings. The predicted octanol–water partition coefficient (Wildman–Crippen LogP) is 2.44. The van der Waals surface area contributed by atoms with Gasteiger partial charge in [0.1, 0.15) is 0 Å². The maximum atomic E-state index is 11.0. The van der Waals surface area contributed by atoms with Gasteiger partial charge in [0, 0.05) is 11.6 Å². The van der Waals surface area contributed by atoms with E-state index in [1.54, 1.807) is 18.5 Å². The minimum Gasteiger partial charge on any atom is -0.303 e. The minimum absolute atomic E-state index is 0.0486. The van der Waals surface area contributed by atoms with E-state index in [1.807, 2.05) is 18.2 Å². The number of pyridine rings is 1. The highest BCUT2D eigenvalue weighted by molar-refractivity contribution is 8.15. The number of nitrogens with one attached hydrogen (secondary N) is 1. The fraction of sp³-hybridized carbons (Fsp3) is 0.0769. The number of halogens is 1. The summed E-state index contributed by atoms with van der Waals surface area (Å²) in [6, 6.07) is 7.40. The van der Waals surface area contributed by atoms with Crippen LogP contribution in [0.25, 0.3) is 10.9 Å². The van der Waals surface area contributed by atoms with Crippen molar-refractivity contribution in [3.05, 3.63) is 41.0 Å². The van der Waals surface area contributed by atoms with Crippen molar-refractivity contribution in [1.29, 1.82) is 0 Å². The number of carbonyl (C=O) groups excluding carboxylic acids is 1. The van der Waals surface area contributed by atoms with E-state index < -0.39 is 0 Å². The van der Waals surface area contributed by atoms with Crippen molar-refractivity contribution in [2.75, 3.05) is 5.75 Å². The summed E-state index contributed by atoms with van der Waals surface area (Å²) in [7, 11) is 0. The van der Waals surface area contributed by atoms with Gasteiger partial charge in [-0.2, -0.15) is 5.10 Å². The Labute approximate surface area is 124 Å². The molecule has 0 atom stereocenters. The van der Waals surface area contributed by atoms with Crippen LogP contribution in [0.1, 0.15) is 5.56 Å².